The normalized spacial score (nSPS) is 19.1. The molecule has 1 aliphatic carbocycles. The summed E-state index contributed by atoms with van der Waals surface area (Å²) in [4.78, 5) is 15.2. The van der Waals surface area contributed by atoms with Crippen molar-refractivity contribution in [3.05, 3.63) is 41.7 Å². The lowest BCUT2D eigenvalue weighted by Gasteiger charge is -2.24. The van der Waals surface area contributed by atoms with E-state index in [0.717, 1.165) is 50.0 Å². The van der Waals surface area contributed by atoms with Crippen LogP contribution in [0.4, 0.5) is 0 Å². The van der Waals surface area contributed by atoms with E-state index in [2.05, 4.69) is 49.2 Å². The molecule has 1 amide bonds. The third kappa shape index (κ3) is 5.64. The minimum atomic E-state index is -0.190. The summed E-state index contributed by atoms with van der Waals surface area (Å²) in [7, 11) is 0. The fourth-order valence-electron chi connectivity index (χ4n) is 4.37. The molecule has 1 aromatic heterocycles. The Morgan fingerprint density at radius 1 is 1.07 bits per heavy atom. The molecule has 2 aromatic rings. The molecule has 0 radical (unpaired) electrons. The predicted molar refractivity (Wildman–Crippen MR) is 120 cm³/mol. The van der Waals surface area contributed by atoms with Crippen LogP contribution in [0.2, 0.25) is 0 Å². The standard InChI is InChI=1S/C23H33N5OS/c1-18(22(29)24-20-12-6-3-7-13-20)30-23-26-25-21(17-27-14-8-9-15-27)28(23)16-19-10-4-2-5-11-19/h2,4-5,10-11,18,20H,3,6-9,12-17H2,1H3,(H,24,29). The van der Waals surface area contributed by atoms with Gasteiger partial charge < -0.3 is 9.88 Å². The molecule has 1 saturated carbocycles. The van der Waals surface area contributed by atoms with Crippen LogP contribution in [0.3, 0.4) is 0 Å². The second-order valence-corrected chi connectivity index (χ2v) is 9.87. The molecule has 30 heavy (non-hydrogen) atoms. The molecule has 1 unspecified atom stereocenters. The molecule has 0 spiro atoms. The first-order valence-corrected chi connectivity index (χ1v) is 12.2. The van der Waals surface area contributed by atoms with Crippen molar-refractivity contribution < 1.29 is 4.79 Å². The molecule has 1 saturated heterocycles. The maximum absolute atomic E-state index is 12.8. The average Bonchev–Trinajstić information content (AvgIpc) is 3.41. The Morgan fingerprint density at radius 2 is 1.80 bits per heavy atom. The van der Waals surface area contributed by atoms with Gasteiger partial charge in [0.2, 0.25) is 5.91 Å². The summed E-state index contributed by atoms with van der Waals surface area (Å²) in [5, 5.41) is 12.9. The Bertz CT molecular complexity index is 812. The molecule has 1 N–H and O–H groups in total. The summed E-state index contributed by atoms with van der Waals surface area (Å²) >= 11 is 1.52. The van der Waals surface area contributed by atoms with Crippen LogP contribution in [0.1, 0.15) is 63.3 Å². The Hall–Kier alpha value is -1.86. The Morgan fingerprint density at radius 3 is 2.53 bits per heavy atom. The zero-order valence-electron chi connectivity index (χ0n) is 17.9. The number of rotatable bonds is 8. The maximum Gasteiger partial charge on any atom is 0.233 e. The molecule has 162 valence electrons. The number of likely N-dealkylation sites (tertiary alicyclic amines) is 1. The summed E-state index contributed by atoms with van der Waals surface area (Å²) in [6, 6.07) is 10.8. The van der Waals surface area contributed by atoms with Crippen molar-refractivity contribution in [1.29, 1.82) is 0 Å². The zero-order chi connectivity index (χ0) is 20.8. The molecule has 1 atom stereocenters. The lowest BCUT2D eigenvalue weighted by molar-refractivity contribution is -0.121. The van der Waals surface area contributed by atoms with Crippen molar-refractivity contribution in [2.75, 3.05) is 13.1 Å². The predicted octanol–water partition coefficient (Wildman–Crippen LogP) is 3.85. The van der Waals surface area contributed by atoms with Gasteiger partial charge in [-0.1, -0.05) is 61.4 Å². The molecule has 4 rings (SSSR count). The van der Waals surface area contributed by atoms with E-state index in [-0.39, 0.29) is 11.2 Å². The lowest BCUT2D eigenvalue weighted by Crippen LogP contribution is -2.40. The van der Waals surface area contributed by atoms with Gasteiger partial charge in [-0.15, -0.1) is 10.2 Å². The van der Waals surface area contributed by atoms with E-state index in [1.54, 1.807) is 0 Å². The van der Waals surface area contributed by atoms with Gasteiger partial charge >= 0.3 is 0 Å². The number of hydrogen-bond donors (Lipinski definition) is 1. The molecular formula is C23H33N5OS. The Kier molecular flexibility index (Phi) is 7.44. The summed E-state index contributed by atoms with van der Waals surface area (Å²) in [6.45, 7) is 5.78. The fraction of sp³-hybridized carbons (Fsp3) is 0.609. The number of aromatic nitrogens is 3. The first-order chi connectivity index (χ1) is 14.7. The summed E-state index contributed by atoms with van der Waals surface area (Å²) in [5.74, 6) is 1.10. The monoisotopic (exact) mass is 427 g/mol. The Labute approximate surface area is 183 Å². The molecule has 2 heterocycles. The first-order valence-electron chi connectivity index (χ1n) is 11.3. The van der Waals surface area contributed by atoms with Crippen LogP contribution in [-0.2, 0) is 17.9 Å². The van der Waals surface area contributed by atoms with E-state index in [1.807, 2.05) is 13.0 Å². The topological polar surface area (TPSA) is 63.1 Å². The van der Waals surface area contributed by atoms with Gasteiger partial charge in [-0.3, -0.25) is 9.69 Å². The summed E-state index contributed by atoms with van der Waals surface area (Å²) in [6.07, 6.45) is 8.45. The van der Waals surface area contributed by atoms with Crippen molar-refractivity contribution in [3.8, 4) is 0 Å². The average molecular weight is 428 g/mol. The zero-order valence-corrected chi connectivity index (χ0v) is 18.7. The van der Waals surface area contributed by atoms with Gasteiger partial charge in [0.1, 0.15) is 5.82 Å². The highest BCUT2D eigenvalue weighted by molar-refractivity contribution is 8.00. The summed E-state index contributed by atoms with van der Waals surface area (Å²) in [5.41, 5.74) is 1.22. The minimum Gasteiger partial charge on any atom is -0.352 e. The van der Waals surface area contributed by atoms with Gasteiger partial charge in [-0.05, 0) is 51.3 Å². The van der Waals surface area contributed by atoms with Crippen molar-refractivity contribution in [2.45, 2.75) is 81.4 Å². The van der Waals surface area contributed by atoms with Crippen LogP contribution in [0.15, 0.2) is 35.5 Å². The van der Waals surface area contributed by atoms with Crippen molar-refractivity contribution in [3.63, 3.8) is 0 Å². The Balaban J connectivity index is 1.46. The van der Waals surface area contributed by atoms with E-state index in [1.165, 1.54) is 49.4 Å². The number of nitrogens with one attached hydrogen (secondary N) is 1. The number of nitrogens with zero attached hydrogens (tertiary/aromatic N) is 4. The van der Waals surface area contributed by atoms with Crippen LogP contribution in [0.25, 0.3) is 0 Å². The maximum atomic E-state index is 12.8. The van der Waals surface area contributed by atoms with Crippen molar-refractivity contribution >= 4 is 17.7 Å². The lowest BCUT2D eigenvalue weighted by atomic mass is 9.95. The number of hydrogen-bond acceptors (Lipinski definition) is 5. The third-order valence-electron chi connectivity index (χ3n) is 6.14. The van der Waals surface area contributed by atoms with E-state index >= 15 is 0 Å². The van der Waals surface area contributed by atoms with Gasteiger partial charge in [0.05, 0.1) is 18.3 Å². The highest BCUT2D eigenvalue weighted by atomic mass is 32.2. The van der Waals surface area contributed by atoms with Crippen LogP contribution in [0.5, 0.6) is 0 Å². The smallest absolute Gasteiger partial charge is 0.233 e. The molecule has 2 aliphatic rings. The quantitative estimate of drug-likeness (QED) is 0.649. The number of benzene rings is 1. The van der Waals surface area contributed by atoms with E-state index in [9.17, 15) is 4.79 Å². The van der Waals surface area contributed by atoms with Gasteiger partial charge in [-0.2, -0.15) is 0 Å². The van der Waals surface area contributed by atoms with E-state index in [4.69, 9.17) is 0 Å². The van der Waals surface area contributed by atoms with Gasteiger partial charge in [0.25, 0.3) is 0 Å². The second-order valence-electron chi connectivity index (χ2n) is 8.56. The van der Waals surface area contributed by atoms with E-state index < -0.39 is 0 Å². The van der Waals surface area contributed by atoms with Gasteiger partial charge in [0, 0.05) is 6.04 Å². The van der Waals surface area contributed by atoms with Gasteiger partial charge in [0.15, 0.2) is 5.16 Å². The highest BCUT2D eigenvalue weighted by Gasteiger charge is 2.24. The SMILES string of the molecule is CC(Sc1nnc(CN2CCCC2)n1Cc1ccccc1)C(=O)NC1CCCCC1. The highest BCUT2D eigenvalue weighted by Crippen LogP contribution is 2.25. The molecular weight excluding hydrogens is 394 g/mol. The third-order valence-corrected chi connectivity index (χ3v) is 7.22. The van der Waals surface area contributed by atoms with Crippen LogP contribution < -0.4 is 5.32 Å². The molecule has 1 aromatic carbocycles. The van der Waals surface area contributed by atoms with Crippen molar-refractivity contribution in [1.82, 2.24) is 25.0 Å². The molecule has 1 aliphatic heterocycles. The van der Waals surface area contributed by atoms with Crippen LogP contribution >= 0.6 is 11.8 Å². The van der Waals surface area contributed by atoms with Crippen LogP contribution in [-0.4, -0.2) is 50.0 Å². The first kappa shape index (κ1) is 21.4. The van der Waals surface area contributed by atoms with Gasteiger partial charge in [-0.25, -0.2) is 0 Å². The number of carbonyl (C=O) groups excluding carboxylic acids is 1. The number of carbonyl (C=O) groups is 1. The molecule has 2 fully saturated rings. The summed E-state index contributed by atoms with van der Waals surface area (Å²) < 4.78 is 2.20. The molecule has 7 heteroatoms. The number of amides is 1. The van der Waals surface area contributed by atoms with E-state index in [0.29, 0.717) is 6.04 Å². The largest absolute Gasteiger partial charge is 0.352 e. The van der Waals surface area contributed by atoms with Crippen LogP contribution in [0, 0.1) is 0 Å². The second kappa shape index (κ2) is 10.4. The minimum absolute atomic E-state index is 0.113. The molecule has 0 bridgehead atoms. The fourth-order valence-corrected chi connectivity index (χ4v) is 5.24. The molecule has 6 nitrogen and oxygen atoms in total. The van der Waals surface area contributed by atoms with Crippen molar-refractivity contribution in [2.24, 2.45) is 0 Å². The number of thioether (sulfide) groups is 1.